The summed E-state index contributed by atoms with van der Waals surface area (Å²) >= 11 is 8.00. The zero-order chi connectivity index (χ0) is 14.5. The quantitative estimate of drug-likeness (QED) is 0.787. The van der Waals surface area contributed by atoms with Gasteiger partial charge in [-0.05, 0) is 53.8 Å². The lowest BCUT2D eigenvalue weighted by Crippen LogP contribution is -2.13. The maximum atomic E-state index is 12.2. The summed E-state index contributed by atoms with van der Waals surface area (Å²) in [5.41, 5.74) is 1.14. The number of halogens is 2. The molecule has 0 saturated carbocycles. The van der Waals surface area contributed by atoms with E-state index in [1.54, 1.807) is 36.5 Å². The Bertz CT molecular complexity index is 617. The zero-order valence-corrected chi connectivity index (χ0v) is 13.6. The van der Waals surface area contributed by atoms with Gasteiger partial charge in [-0.15, -0.1) is 0 Å². The Kier molecular flexibility index (Phi) is 5.19. The van der Waals surface area contributed by atoms with Crippen LogP contribution in [0.5, 0.6) is 5.88 Å². The van der Waals surface area contributed by atoms with Crippen LogP contribution in [0, 0.1) is 3.57 Å². The van der Waals surface area contributed by atoms with Crippen molar-refractivity contribution in [2.24, 2.45) is 0 Å². The Morgan fingerprint density at radius 2 is 2.20 bits per heavy atom. The molecule has 1 amide bonds. The molecule has 2 rings (SSSR count). The van der Waals surface area contributed by atoms with Crippen molar-refractivity contribution in [1.82, 2.24) is 4.98 Å². The Morgan fingerprint density at radius 3 is 2.85 bits per heavy atom. The summed E-state index contributed by atoms with van der Waals surface area (Å²) in [7, 11) is 0. The fraction of sp³-hybridized carbons (Fsp3) is 0.143. The molecule has 0 bridgehead atoms. The molecule has 0 spiro atoms. The highest BCUT2D eigenvalue weighted by molar-refractivity contribution is 14.1. The van der Waals surface area contributed by atoms with Crippen molar-refractivity contribution in [2.45, 2.75) is 6.92 Å². The van der Waals surface area contributed by atoms with Gasteiger partial charge >= 0.3 is 0 Å². The average Bonchev–Trinajstić information content (AvgIpc) is 2.44. The molecule has 1 aromatic carbocycles. The second-order valence-electron chi connectivity index (χ2n) is 3.90. The first-order valence-corrected chi connectivity index (χ1v) is 7.41. The van der Waals surface area contributed by atoms with E-state index >= 15 is 0 Å². The van der Waals surface area contributed by atoms with Crippen LogP contribution in [0.25, 0.3) is 0 Å². The fourth-order valence-corrected chi connectivity index (χ4v) is 2.31. The molecule has 0 aliphatic rings. The number of anilines is 1. The molecule has 2 aromatic rings. The molecule has 20 heavy (non-hydrogen) atoms. The van der Waals surface area contributed by atoms with Crippen molar-refractivity contribution in [3.8, 4) is 5.88 Å². The van der Waals surface area contributed by atoms with Gasteiger partial charge in [0.15, 0.2) is 0 Å². The van der Waals surface area contributed by atoms with Gasteiger partial charge in [-0.3, -0.25) is 4.79 Å². The lowest BCUT2D eigenvalue weighted by atomic mass is 10.2. The van der Waals surface area contributed by atoms with E-state index in [1.807, 2.05) is 6.92 Å². The molecule has 0 aliphatic carbocycles. The zero-order valence-electron chi connectivity index (χ0n) is 10.7. The number of pyridine rings is 1. The number of ether oxygens (including phenoxy) is 1. The molecule has 104 valence electrons. The largest absolute Gasteiger partial charge is 0.478 e. The summed E-state index contributed by atoms with van der Waals surface area (Å²) < 4.78 is 6.08. The fourth-order valence-electron chi connectivity index (χ4n) is 1.56. The van der Waals surface area contributed by atoms with Crippen LogP contribution in [0.2, 0.25) is 5.02 Å². The van der Waals surface area contributed by atoms with Gasteiger partial charge in [-0.2, -0.15) is 0 Å². The van der Waals surface area contributed by atoms with Crippen molar-refractivity contribution < 1.29 is 9.53 Å². The lowest BCUT2D eigenvalue weighted by molar-refractivity contribution is 0.102. The number of amides is 1. The van der Waals surface area contributed by atoms with Crippen molar-refractivity contribution in [2.75, 3.05) is 11.9 Å². The molecule has 0 fully saturated rings. The van der Waals surface area contributed by atoms with Gasteiger partial charge in [0.25, 0.3) is 5.91 Å². The number of aromatic nitrogens is 1. The number of hydrogen-bond acceptors (Lipinski definition) is 3. The predicted molar refractivity (Wildman–Crippen MR) is 87.5 cm³/mol. The van der Waals surface area contributed by atoms with Crippen LogP contribution < -0.4 is 10.1 Å². The van der Waals surface area contributed by atoms with Gasteiger partial charge in [-0.25, -0.2) is 4.98 Å². The van der Waals surface area contributed by atoms with Gasteiger partial charge < -0.3 is 10.1 Å². The smallest absolute Gasteiger partial charge is 0.256 e. The van der Waals surface area contributed by atoms with E-state index in [0.717, 1.165) is 3.57 Å². The van der Waals surface area contributed by atoms with E-state index in [1.165, 1.54) is 0 Å². The molecule has 0 radical (unpaired) electrons. The number of carbonyl (C=O) groups excluding carboxylic acids is 1. The van der Waals surface area contributed by atoms with Crippen LogP contribution in [0.3, 0.4) is 0 Å². The topological polar surface area (TPSA) is 51.2 Å². The summed E-state index contributed by atoms with van der Waals surface area (Å²) in [6, 6.07) is 8.64. The summed E-state index contributed by atoms with van der Waals surface area (Å²) in [6.45, 7) is 2.44. The molecule has 1 heterocycles. The highest BCUT2D eigenvalue weighted by Gasteiger charge is 2.11. The standard InChI is InChI=1S/C14H12ClIN2O2/c1-2-20-13-6-4-10(8-17-13)18-14(19)11-7-9(15)3-5-12(11)16/h3-8H,2H2,1H3,(H,18,19). The maximum absolute atomic E-state index is 12.2. The first-order chi connectivity index (χ1) is 9.60. The highest BCUT2D eigenvalue weighted by Crippen LogP contribution is 2.20. The average molecular weight is 403 g/mol. The molecule has 1 N–H and O–H groups in total. The molecule has 0 saturated heterocycles. The van der Waals surface area contributed by atoms with Crippen LogP contribution in [0.15, 0.2) is 36.5 Å². The van der Waals surface area contributed by atoms with Gasteiger partial charge in [0.2, 0.25) is 5.88 Å². The molecule has 0 atom stereocenters. The summed E-state index contributed by atoms with van der Waals surface area (Å²) in [5.74, 6) is 0.311. The van der Waals surface area contributed by atoms with E-state index in [0.29, 0.717) is 28.8 Å². The first-order valence-electron chi connectivity index (χ1n) is 5.95. The van der Waals surface area contributed by atoms with E-state index in [9.17, 15) is 4.79 Å². The van der Waals surface area contributed by atoms with Gasteiger partial charge in [0.1, 0.15) is 0 Å². The predicted octanol–water partition coefficient (Wildman–Crippen LogP) is 3.99. The van der Waals surface area contributed by atoms with Crippen molar-refractivity contribution in [3.05, 3.63) is 50.7 Å². The van der Waals surface area contributed by atoms with Crippen molar-refractivity contribution in [3.63, 3.8) is 0 Å². The minimum atomic E-state index is -0.220. The maximum Gasteiger partial charge on any atom is 0.256 e. The number of rotatable bonds is 4. The number of nitrogens with one attached hydrogen (secondary N) is 1. The van der Waals surface area contributed by atoms with Crippen molar-refractivity contribution in [1.29, 1.82) is 0 Å². The third kappa shape index (κ3) is 3.83. The van der Waals surface area contributed by atoms with E-state index in [2.05, 4.69) is 32.9 Å². The number of nitrogens with zero attached hydrogens (tertiary/aromatic N) is 1. The number of hydrogen-bond donors (Lipinski definition) is 1. The minimum absolute atomic E-state index is 0.220. The molecule has 6 heteroatoms. The lowest BCUT2D eigenvalue weighted by Gasteiger charge is -2.08. The van der Waals surface area contributed by atoms with E-state index < -0.39 is 0 Å². The normalized spacial score (nSPS) is 10.2. The second kappa shape index (κ2) is 6.90. The Labute approximate surface area is 135 Å². The van der Waals surface area contributed by atoms with Gasteiger partial charge in [0.05, 0.1) is 24.1 Å². The van der Waals surface area contributed by atoms with Crippen LogP contribution in [0.4, 0.5) is 5.69 Å². The summed E-state index contributed by atoms with van der Waals surface area (Å²) in [5, 5.41) is 3.30. The second-order valence-corrected chi connectivity index (χ2v) is 5.50. The SMILES string of the molecule is CCOc1ccc(NC(=O)c2cc(Cl)ccc2I)cn1. The molecule has 4 nitrogen and oxygen atoms in total. The Morgan fingerprint density at radius 1 is 1.40 bits per heavy atom. The van der Waals surface area contributed by atoms with Gasteiger partial charge in [0, 0.05) is 14.7 Å². The third-order valence-electron chi connectivity index (χ3n) is 2.46. The van der Waals surface area contributed by atoms with Crippen LogP contribution in [-0.2, 0) is 0 Å². The molecule has 0 aliphatic heterocycles. The van der Waals surface area contributed by atoms with Crippen LogP contribution in [0.1, 0.15) is 17.3 Å². The molecular weight excluding hydrogens is 391 g/mol. The Hall–Kier alpha value is -1.34. The van der Waals surface area contributed by atoms with Crippen molar-refractivity contribution >= 4 is 45.8 Å². The number of benzene rings is 1. The van der Waals surface area contributed by atoms with E-state index in [-0.39, 0.29) is 5.91 Å². The van der Waals surface area contributed by atoms with Crippen LogP contribution in [-0.4, -0.2) is 17.5 Å². The third-order valence-corrected chi connectivity index (χ3v) is 3.64. The highest BCUT2D eigenvalue weighted by atomic mass is 127. The summed E-state index contributed by atoms with van der Waals surface area (Å²) in [4.78, 5) is 16.3. The molecular formula is C14H12ClIN2O2. The number of carbonyl (C=O) groups is 1. The first kappa shape index (κ1) is 15.1. The van der Waals surface area contributed by atoms with E-state index in [4.69, 9.17) is 16.3 Å². The molecule has 0 unspecified atom stereocenters. The van der Waals surface area contributed by atoms with Gasteiger partial charge in [-0.1, -0.05) is 11.6 Å². The Balaban J connectivity index is 2.13. The summed E-state index contributed by atoms with van der Waals surface area (Å²) in [6.07, 6.45) is 1.56. The minimum Gasteiger partial charge on any atom is -0.478 e. The monoisotopic (exact) mass is 402 g/mol. The molecule has 1 aromatic heterocycles. The van der Waals surface area contributed by atoms with Crippen LogP contribution >= 0.6 is 34.2 Å².